The topological polar surface area (TPSA) is 18.5 Å². The van der Waals surface area contributed by atoms with Gasteiger partial charge in [-0.3, -0.25) is 0 Å². The van der Waals surface area contributed by atoms with Crippen LogP contribution in [-0.2, 0) is 9.47 Å². The van der Waals surface area contributed by atoms with Crippen LogP contribution < -0.4 is 0 Å². The largest absolute Gasteiger partial charge is 0.375 e. The summed E-state index contributed by atoms with van der Waals surface area (Å²) in [5.41, 5.74) is 0.590. The highest BCUT2D eigenvalue weighted by molar-refractivity contribution is 9.09. The van der Waals surface area contributed by atoms with E-state index >= 15 is 0 Å². The molecule has 2 atom stereocenters. The van der Waals surface area contributed by atoms with Crippen molar-refractivity contribution >= 4 is 15.9 Å². The van der Waals surface area contributed by atoms with E-state index in [0.717, 1.165) is 31.1 Å². The Labute approximate surface area is 74.4 Å². The quantitative estimate of drug-likeness (QED) is 0.616. The summed E-state index contributed by atoms with van der Waals surface area (Å²) in [6.45, 7) is 2.62. The summed E-state index contributed by atoms with van der Waals surface area (Å²) in [4.78, 5) is 0. The minimum Gasteiger partial charge on any atom is -0.375 e. The first-order valence-electron chi connectivity index (χ1n) is 4.11. The number of ether oxygens (including phenoxy) is 2. The fourth-order valence-electron chi connectivity index (χ4n) is 2.50. The number of hydrogen-bond acceptors (Lipinski definition) is 2. The Morgan fingerprint density at radius 2 is 2.27 bits per heavy atom. The van der Waals surface area contributed by atoms with Crippen LogP contribution in [0.2, 0.25) is 0 Å². The van der Waals surface area contributed by atoms with Crippen LogP contribution in [0.25, 0.3) is 0 Å². The van der Waals surface area contributed by atoms with Crippen molar-refractivity contribution in [1.29, 1.82) is 0 Å². The molecule has 0 aromatic heterocycles. The van der Waals surface area contributed by atoms with Gasteiger partial charge in [-0.1, -0.05) is 15.9 Å². The molecule has 3 aliphatic rings. The molecule has 1 saturated carbocycles. The second-order valence-electron chi connectivity index (χ2n) is 3.99. The number of hydrogen-bond donors (Lipinski definition) is 0. The molecule has 2 nitrogen and oxygen atoms in total. The molecule has 0 aromatic rings. The van der Waals surface area contributed by atoms with Crippen molar-refractivity contribution in [3.05, 3.63) is 0 Å². The van der Waals surface area contributed by atoms with Gasteiger partial charge in [-0.25, -0.2) is 0 Å². The highest BCUT2D eigenvalue weighted by atomic mass is 79.9. The Kier molecular flexibility index (Phi) is 1.14. The maximum atomic E-state index is 5.78. The van der Waals surface area contributed by atoms with Crippen LogP contribution in [0.1, 0.15) is 6.42 Å². The second kappa shape index (κ2) is 1.83. The van der Waals surface area contributed by atoms with Crippen molar-refractivity contribution in [3.63, 3.8) is 0 Å². The highest BCUT2D eigenvalue weighted by Crippen LogP contribution is 2.68. The molecule has 2 heterocycles. The Morgan fingerprint density at radius 1 is 1.45 bits per heavy atom. The molecular formula is C8H11BrO2. The molecule has 3 rings (SSSR count). The van der Waals surface area contributed by atoms with Crippen LogP contribution in [0.5, 0.6) is 0 Å². The number of fused-ring (bicyclic) bond motifs is 2. The summed E-state index contributed by atoms with van der Waals surface area (Å²) in [5.74, 6) is 0.825. The maximum Gasteiger partial charge on any atom is 0.121 e. The van der Waals surface area contributed by atoms with Gasteiger partial charge >= 0.3 is 0 Å². The van der Waals surface area contributed by atoms with Crippen LogP contribution in [0, 0.1) is 11.3 Å². The average molecular weight is 219 g/mol. The molecule has 0 amide bonds. The molecule has 62 valence electrons. The molecule has 3 heteroatoms. The SMILES string of the molecule is BrCC12CC1COC21COC1. The van der Waals surface area contributed by atoms with Gasteiger partial charge in [0.25, 0.3) is 0 Å². The van der Waals surface area contributed by atoms with E-state index in [2.05, 4.69) is 15.9 Å². The van der Waals surface area contributed by atoms with Crippen molar-refractivity contribution in [2.75, 3.05) is 25.2 Å². The van der Waals surface area contributed by atoms with E-state index in [0.29, 0.717) is 5.41 Å². The summed E-state index contributed by atoms with van der Waals surface area (Å²) in [7, 11) is 0. The minimum atomic E-state index is 0.126. The van der Waals surface area contributed by atoms with Gasteiger partial charge in [-0.15, -0.1) is 0 Å². The lowest BCUT2D eigenvalue weighted by Crippen LogP contribution is -2.57. The first kappa shape index (κ1) is 6.87. The molecule has 0 aromatic carbocycles. The summed E-state index contributed by atoms with van der Waals surface area (Å²) in [6, 6.07) is 0. The number of alkyl halides is 1. The fourth-order valence-corrected chi connectivity index (χ4v) is 3.70. The molecule has 2 unspecified atom stereocenters. The first-order valence-corrected chi connectivity index (χ1v) is 5.23. The van der Waals surface area contributed by atoms with Gasteiger partial charge in [0, 0.05) is 10.7 Å². The lowest BCUT2D eigenvalue weighted by molar-refractivity contribution is -0.216. The Bertz CT molecular complexity index is 192. The van der Waals surface area contributed by atoms with E-state index in [1.807, 2.05) is 0 Å². The standard InChI is InChI=1S/C8H11BrO2/c9-3-7-1-6(7)2-11-8(7)4-10-5-8/h6H,1-5H2. The summed E-state index contributed by atoms with van der Waals surface area (Å²) < 4.78 is 11.0. The van der Waals surface area contributed by atoms with Gasteiger partial charge in [0.1, 0.15) is 5.60 Å². The van der Waals surface area contributed by atoms with Gasteiger partial charge in [0.2, 0.25) is 0 Å². The molecule has 0 bridgehead atoms. The summed E-state index contributed by atoms with van der Waals surface area (Å²) in [5, 5.41) is 1.09. The summed E-state index contributed by atoms with van der Waals surface area (Å²) in [6.07, 6.45) is 1.35. The molecule has 2 aliphatic heterocycles. The molecular weight excluding hydrogens is 208 g/mol. The van der Waals surface area contributed by atoms with Crippen molar-refractivity contribution in [2.24, 2.45) is 11.3 Å². The second-order valence-corrected chi connectivity index (χ2v) is 4.55. The van der Waals surface area contributed by atoms with Gasteiger partial charge in [0.15, 0.2) is 0 Å². The monoisotopic (exact) mass is 218 g/mol. The Balaban J connectivity index is 1.94. The van der Waals surface area contributed by atoms with Gasteiger partial charge in [-0.05, 0) is 12.3 Å². The fraction of sp³-hybridized carbons (Fsp3) is 1.00. The van der Waals surface area contributed by atoms with E-state index in [9.17, 15) is 0 Å². The zero-order valence-corrected chi connectivity index (χ0v) is 7.89. The van der Waals surface area contributed by atoms with Crippen molar-refractivity contribution in [3.8, 4) is 0 Å². The number of rotatable bonds is 1. The molecule has 11 heavy (non-hydrogen) atoms. The minimum absolute atomic E-state index is 0.126. The molecule has 1 spiro atoms. The average Bonchev–Trinajstić information content (AvgIpc) is 2.57. The van der Waals surface area contributed by atoms with E-state index in [4.69, 9.17) is 9.47 Å². The van der Waals surface area contributed by atoms with Gasteiger partial charge in [0.05, 0.1) is 19.8 Å². The predicted octanol–water partition coefficient (Wildman–Crippen LogP) is 1.19. The maximum absolute atomic E-state index is 5.78. The Hall–Kier alpha value is 0.400. The van der Waals surface area contributed by atoms with Crippen LogP contribution in [0.3, 0.4) is 0 Å². The predicted molar refractivity (Wildman–Crippen MR) is 43.8 cm³/mol. The van der Waals surface area contributed by atoms with Crippen LogP contribution in [0.15, 0.2) is 0 Å². The third kappa shape index (κ3) is 0.586. The van der Waals surface area contributed by atoms with Crippen molar-refractivity contribution < 1.29 is 9.47 Å². The first-order chi connectivity index (χ1) is 5.33. The number of halogens is 1. The van der Waals surface area contributed by atoms with Crippen LogP contribution >= 0.6 is 15.9 Å². The lowest BCUT2D eigenvalue weighted by Gasteiger charge is -2.43. The zero-order chi connectivity index (χ0) is 7.53. The van der Waals surface area contributed by atoms with Crippen LogP contribution in [-0.4, -0.2) is 30.8 Å². The third-order valence-electron chi connectivity index (χ3n) is 3.61. The van der Waals surface area contributed by atoms with E-state index in [1.54, 1.807) is 0 Å². The smallest absolute Gasteiger partial charge is 0.121 e. The molecule has 3 fully saturated rings. The zero-order valence-electron chi connectivity index (χ0n) is 6.31. The highest BCUT2D eigenvalue weighted by Gasteiger charge is 2.73. The third-order valence-corrected chi connectivity index (χ3v) is 4.61. The molecule has 0 radical (unpaired) electrons. The van der Waals surface area contributed by atoms with Gasteiger partial charge < -0.3 is 9.47 Å². The molecule has 0 N–H and O–H groups in total. The lowest BCUT2D eigenvalue weighted by atomic mass is 9.84. The summed E-state index contributed by atoms with van der Waals surface area (Å²) >= 11 is 3.59. The molecule has 1 aliphatic carbocycles. The van der Waals surface area contributed by atoms with Crippen molar-refractivity contribution in [1.82, 2.24) is 0 Å². The normalized spacial score (nSPS) is 50.5. The van der Waals surface area contributed by atoms with E-state index in [1.165, 1.54) is 6.42 Å². The molecule has 2 saturated heterocycles. The van der Waals surface area contributed by atoms with E-state index < -0.39 is 0 Å². The van der Waals surface area contributed by atoms with Crippen LogP contribution in [0.4, 0.5) is 0 Å². The van der Waals surface area contributed by atoms with E-state index in [-0.39, 0.29) is 5.60 Å². The van der Waals surface area contributed by atoms with Crippen molar-refractivity contribution in [2.45, 2.75) is 12.0 Å². The Morgan fingerprint density at radius 3 is 2.64 bits per heavy atom. The van der Waals surface area contributed by atoms with Gasteiger partial charge in [-0.2, -0.15) is 0 Å².